The molecular formula is C16H16FNOS. The first-order valence-corrected chi connectivity index (χ1v) is 7.42. The molecule has 2 aromatic carbocycles. The summed E-state index contributed by atoms with van der Waals surface area (Å²) in [6.07, 6.45) is 0.425. The highest BCUT2D eigenvalue weighted by atomic mass is 32.2. The average Bonchev–Trinajstić information content (AvgIpc) is 2.47. The van der Waals surface area contributed by atoms with Gasteiger partial charge in [-0.05, 0) is 18.2 Å². The standard InChI is InChI=1S/C16H16FNOS/c17-15-9-5-4-6-13(15)12-18-16(19)10-11-20-14-7-2-1-3-8-14/h1-9H,10-12H2,(H,18,19). The van der Waals surface area contributed by atoms with E-state index in [0.717, 1.165) is 4.90 Å². The van der Waals surface area contributed by atoms with Crippen LogP contribution in [0.2, 0.25) is 0 Å². The number of hydrogen-bond acceptors (Lipinski definition) is 2. The van der Waals surface area contributed by atoms with E-state index in [9.17, 15) is 9.18 Å². The maximum Gasteiger partial charge on any atom is 0.221 e. The fraction of sp³-hybridized carbons (Fsp3) is 0.188. The van der Waals surface area contributed by atoms with Crippen LogP contribution in [-0.2, 0) is 11.3 Å². The fourth-order valence-electron chi connectivity index (χ4n) is 1.70. The average molecular weight is 289 g/mol. The van der Waals surface area contributed by atoms with Gasteiger partial charge < -0.3 is 5.32 Å². The third-order valence-corrected chi connectivity index (χ3v) is 3.79. The van der Waals surface area contributed by atoms with Crippen molar-refractivity contribution in [3.05, 3.63) is 66.0 Å². The van der Waals surface area contributed by atoms with Crippen LogP contribution in [0.4, 0.5) is 4.39 Å². The van der Waals surface area contributed by atoms with Gasteiger partial charge in [-0.15, -0.1) is 11.8 Å². The maximum atomic E-state index is 13.4. The zero-order valence-electron chi connectivity index (χ0n) is 11.0. The fourth-order valence-corrected chi connectivity index (χ4v) is 2.58. The minimum absolute atomic E-state index is 0.0586. The molecule has 20 heavy (non-hydrogen) atoms. The zero-order chi connectivity index (χ0) is 14.2. The molecule has 0 unspecified atom stereocenters. The lowest BCUT2D eigenvalue weighted by atomic mass is 10.2. The second-order valence-electron chi connectivity index (χ2n) is 4.28. The third kappa shape index (κ3) is 4.70. The molecule has 2 nitrogen and oxygen atoms in total. The second kappa shape index (κ2) is 7.70. The molecule has 0 aliphatic rings. The zero-order valence-corrected chi connectivity index (χ0v) is 11.8. The van der Waals surface area contributed by atoms with Crippen molar-refractivity contribution in [1.82, 2.24) is 5.32 Å². The Labute approximate surface area is 122 Å². The molecule has 0 saturated heterocycles. The number of halogens is 1. The van der Waals surface area contributed by atoms with Crippen molar-refractivity contribution in [1.29, 1.82) is 0 Å². The van der Waals surface area contributed by atoms with Crippen molar-refractivity contribution in [3.63, 3.8) is 0 Å². The molecule has 0 spiro atoms. The van der Waals surface area contributed by atoms with Crippen molar-refractivity contribution in [2.24, 2.45) is 0 Å². The number of carbonyl (C=O) groups excluding carboxylic acids is 1. The van der Waals surface area contributed by atoms with E-state index in [1.807, 2.05) is 30.3 Å². The summed E-state index contributed by atoms with van der Waals surface area (Å²) < 4.78 is 13.4. The Hall–Kier alpha value is -1.81. The van der Waals surface area contributed by atoms with Crippen molar-refractivity contribution in [3.8, 4) is 0 Å². The largest absolute Gasteiger partial charge is 0.352 e. The predicted molar refractivity (Wildman–Crippen MR) is 80.0 cm³/mol. The number of rotatable bonds is 6. The van der Waals surface area contributed by atoms with Crippen LogP contribution in [-0.4, -0.2) is 11.7 Å². The van der Waals surface area contributed by atoms with Crippen LogP contribution in [0, 0.1) is 5.82 Å². The van der Waals surface area contributed by atoms with Gasteiger partial charge in [0.25, 0.3) is 0 Å². The topological polar surface area (TPSA) is 29.1 Å². The molecule has 0 fully saturated rings. The van der Waals surface area contributed by atoms with Gasteiger partial charge in [0.05, 0.1) is 0 Å². The summed E-state index contributed by atoms with van der Waals surface area (Å²) in [6, 6.07) is 16.4. The molecule has 4 heteroatoms. The van der Waals surface area contributed by atoms with E-state index in [2.05, 4.69) is 5.32 Å². The first-order valence-electron chi connectivity index (χ1n) is 6.43. The van der Waals surface area contributed by atoms with Gasteiger partial charge in [0.15, 0.2) is 0 Å². The van der Waals surface area contributed by atoms with E-state index in [-0.39, 0.29) is 18.3 Å². The number of amides is 1. The summed E-state index contributed by atoms with van der Waals surface area (Å²) in [5.74, 6) is 0.371. The molecule has 0 aliphatic heterocycles. The molecule has 0 atom stereocenters. The molecular weight excluding hydrogens is 273 g/mol. The van der Waals surface area contributed by atoms with Crippen LogP contribution in [0.5, 0.6) is 0 Å². The van der Waals surface area contributed by atoms with E-state index in [1.54, 1.807) is 30.0 Å². The van der Waals surface area contributed by atoms with Gasteiger partial charge >= 0.3 is 0 Å². The summed E-state index contributed by atoms with van der Waals surface area (Å²) in [7, 11) is 0. The molecule has 2 aromatic rings. The molecule has 0 saturated carbocycles. The molecule has 104 valence electrons. The first kappa shape index (κ1) is 14.6. The summed E-state index contributed by atoms with van der Waals surface area (Å²) in [5, 5.41) is 2.73. The SMILES string of the molecule is O=C(CCSc1ccccc1)NCc1ccccc1F. The quantitative estimate of drug-likeness (QED) is 0.823. The van der Waals surface area contributed by atoms with Gasteiger partial charge in [-0.3, -0.25) is 4.79 Å². The Morgan fingerprint density at radius 3 is 2.50 bits per heavy atom. The monoisotopic (exact) mass is 289 g/mol. The molecule has 0 radical (unpaired) electrons. The van der Waals surface area contributed by atoms with Gasteiger partial charge in [0.2, 0.25) is 5.91 Å². The molecule has 0 heterocycles. The Balaban J connectivity index is 1.70. The van der Waals surface area contributed by atoms with E-state index in [0.29, 0.717) is 17.7 Å². The smallest absolute Gasteiger partial charge is 0.221 e. The molecule has 0 aromatic heterocycles. The van der Waals surface area contributed by atoms with Gasteiger partial charge in [0.1, 0.15) is 5.82 Å². The Morgan fingerprint density at radius 1 is 1.05 bits per heavy atom. The minimum atomic E-state index is -0.286. The normalized spacial score (nSPS) is 10.2. The number of nitrogens with one attached hydrogen (secondary N) is 1. The van der Waals surface area contributed by atoms with Crippen molar-refractivity contribution in [2.75, 3.05) is 5.75 Å². The molecule has 0 aliphatic carbocycles. The second-order valence-corrected chi connectivity index (χ2v) is 5.45. The third-order valence-electron chi connectivity index (χ3n) is 2.77. The lowest BCUT2D eigenvalue weighted by Gasteiger charge is -2.06. The van der Waals surface area contributed by atoms with E-state index in [1.165, 1.54) is 6.07 Å². The van der Waals surface area contributed by atoms with Crippen LogP contribution in [0.25, 0.3) is 0 Å². The van der Waals surface area contributed by atoms with Crippen molar-refractivity contribution in [2.45, 2.75) is 17.9 Å². The Morgan fingerprint density at radius 2 is 1.75 bits per heavy atom. The summed E-state index contributed by atoms with van der Waals surface area (Å²) >= 11 is 1.64. The lowest BCUT2D eigenvalue weighted by Crippen LogP contribution is -2.23. The molecule has 0 bridgehead atoms. The van der Waals surface area contributed by atoms with Crippen LogP contribution in [0.1, 0.15) is 12.0 Å². The van der Waals surface area contributed by atoms with Gasteiger partial charge in [-0.25, -0.2) is 4.39 Å². The van der Waals surface area contributed by atoms with Crippen LogP contribution < -0.4 is 5.32 Å². The molecule has 1 amide bonds. The van der Waals surface area contributed by atoms with Gasteiger partial charge in [-0.1, -0.05) is 36.4 Å². The number of hydrogen-bond donors (Lipinski definition) is 1. The minimum Gasteiger partial charge on any atom is -0.352 e. The Kier molecular flexibility index (Phi) is 5.62. The van der Waals surface area contributed by atoms with Crippen molar-refractivity contribution >= 4 is 17.7 Å². The highest BCUT2D eigenvalue weighted by Crippen LogP contribution is 2.17. The Bertz CT molecular complexity index is 559. The summed E-state index contributed by atoms with van der Waals surface area (Å²) in [6.45, 7) is 0.238. The molecule has 1 N–H and O–H groups in total. The highest BCUT2D eigenvalue weighted by Gasteiger charge is 2.04. The maximum absolute atomic E-state index is 13.4. The summed E-state index contributed by atoms with van der Waals surface area (Å²) in [5.41, 5.74) is 0.511. The van der Waals surface area contributed by atoms with Crippen molar-refractivity contribution < 1.29 is 9.18 Å². The van der Waals surface area contributed by atoms with Gasteiger partial charge in [-0.2, -0.15) is 0 Å². The van der Waals surface area contributed by atoms with Crippen LogP contribution >= 0.6 is 11.8 Å². The van der Waals surface area contributed by atoms with Crippen LogP contribution in [0.15, 0.2) is 59.5 Å². The summed E-state index contributed by atoms with van der Waals surface area (Å²) in [4.78, 5) is 12.8. The van der Waals surface area contributed by atoms with Crippen LogP contribution in [0.3, 0.4) is 0 Å². The lowest BCUT2D eigenvalue weighted by molar-refractivity contribution is -0.120. The van der Waals surface area contributed by atoms with E-state index >= 15 is 0 Å². The molecule has 2 rings (SSSR count). The van der Waals surface area contributed by atoms with E-state index in [4.69, 9.17) is 0 Å². The van der Waals surface area contributed by atoms with E-state index < -0.39 is 0 Å². The van der Waals surface area contributed by atoms with Gasteiger partial charge in [0, 0.05) is 29.2 Å². The first-order chi connectivity index (χ1) is 9.75. The number of thioether (sulfide) groups is 1. The highest BCUT2D eigenvalue weighted by molar-refractivity contribution is 7.99. The number of benzene rings is 2. The number of carbonyl (C=O) groups is 1. The predicted octanol–water partition coefficient (Wildman–Crippen LogP) is 3.62.